The molecule has 0 unspecified atom stereocenters. The topological polar surface area (TPSA) is 46.2 Å². The molecule has 108 valence electrons. The number of sulfonamides is 1. The Bertz CT molecular complexity index is 729. The van der Waals surface area contributed by atoms with Gasteiger partial charge in [0.15, 0.2) is 0 Å². The molecule has 1 aromatic heterocycles. The zero-order chi connectivity index (χ0) is 15.1. The fourth-order valence-corrected chi connectivity index (χ4v) is 6.00. The van der Waals surface area contributed by atoms with E-state index in [1.54, 1.807) is 0 Å². The number of halogens is 3. The summed E-state index contributed by atoms with van der Waals surface area (Å²) in [5, 5.41) is 0.389. The van der Waals surface area contributed by atoms with E-state index in [1.165, 1.54) is 6.07 Å². The lowest BCUT2D eigenvalue weighted by Gasteiger charge is -2.12. The maximum Gasteiger partial charge on any atom is 0.271 e. The second kappa shape index (κ2) is 5.96. The highest BCUT2D eigenvalue weighted by atomic mass is 79.9. The number of hydrogen-bond donors (Lipinski definition) is 1. The van der Waals surface area contributed by atoms with Gasteiger partial charge in [-0.3, -0.25) is 4.72 Å². The summed E-state index contributed by atoms with van der Waals surface area (Å²) in [4.78, 5) is 0. The van der Waals surface area contributed by atoms with E-state index in [-0.39, 0.29) is 4.21 Å². The zero-order valence-corrected chi connectivity index (χ0v) is 16.1. The van der Waals surface area contributed by atoms with Gasteiger partial charge < -0.3 is 0 Å². The molecule has 1 N–H and O–H groups in total. The molecule has 0 amide bonds. The van der Waals surface area contributed by atoms with Crippen LogP contribution in [0.2, 0.25) is 5.02 Å². The van der Waals surface area contributed by atoms with Crippen molar-refractivity contribution >= 4 is 70.5 Å². The zero-order valence-electron chi connectivity index (χ0n) is 10.5. The number of anilines is 1. The van der Waals surface area contributed by atoms with Crippen LogP contribution in [0.5, 0.6) is 0 Å². The van der Waals surface area contributed by atoms with Crippen molar-refractivity contribution in [3.63, 3.8) is 0 Å². The van der Waals surface area contributed by atoms with Gasteiger partial charge in [0.05, 0.1) is 14.5 Å². The Morgan fingerprint density at radius 2 is 1.70 bits per heavy atom. The van der Waals surface area contributed by atoms with Gasteiger partial charge in [0.25, 0.3) is 10.0 Å². The molecule has 2 rings (SSSR count). The Balaban J connectivity index is 2.43. The van der Waals surface area contributed by atoms with E-state index in [0.717, 1.165) is 26.9 Å². The number of thiophene rings is 1. The van der Waals surface area contributed by atoms with E-state index in [2.05, 4.69) is 36.6 Å². The van der Waals surface area contributed by atoms with Gasteiger partial charge in [0.2, 0.25) is 0 Å². The summed E-state index contributed by atoms with van der Waals surface area (Å²) in [5.74, 6) is 0. The molecule has 0 radical (unpaired) electrons. The molecule has 1 heterocycles. The van der Waals surface area contributed by atoms with E-state index in [9.17, 15) is 8.42 Å². The van der Waals surface area contributed by atoms with Crippen molar-refractivity contribution in [1.82, 2.24) is 0 Å². The molecule has 3 nitrogen and oxygen atoms in total. The highest BCUT2D eigenvalue weighted by molar-refractivity contribution is 9.11. The monoisotopic (exact) mass is 457 g/mol. The van der Waals surface area contributed by atoms with Crippen LogP contribution in [0.15, 0.2) is 30.7 Å². The van der Waals surface area contributed by atoms with Gasteiger partial charge >= 0.3 is 0 Å². The molecule has 0 aliphatic rings. The molecule has 0 spiro atoms. The third-order valence-electron chi connectivity index (χ3n) is 2.62. The minimum absolute atomic E-state index is 0.177. The minimum Gasteiger partial charge on any atom is -0.278 e. The quantitative estimate of drug-likeness (QED) is 0.673. The first-order chi connectivity index (χ1) is 9.20. The first-order valence-electron chi connectivity index (χ1n) is 5.45. The maximum absolute atomic E-state index is 12.4. The van der Waals surface area contributed by atoms with Crippen LogP contribution in [-0.4, -0.2) is 8.42 Å². The predicted molar refractivity (Wildman–Crippen MR) is 91.5 cm³/mol. The first kappa shape index (κ1) is 16.3. The van der Waals surface area contributed by atoms with Crippen LogP contribution in [0.4, 0.5) is 5.69 Å². The Morgan fingerprint density at radius 1 is 1.15 bits per heavy atom. The number of hydrogen-bond acceptors (Lipinski definition) is 3. The van der Waals surface area contributed by atoms with E-state index in [4.69, 9.17) is 11.6 Å². The van der Waals surface area contributed by atoms with Gasteiger partial charge in [-0.25, -0.2) is 8.42 Å². The molecule has 0 fully saturated rings. The van der Waals surface area contributed by atoms with Crippen molar-refractivity contribution in [2.24, 2.45) is 0 Å². The van der Waals surface area contributed by atoms with Crippen LogP contribution >= 0.6 is 54.8 Å². The molecule has 0 saturated heterocycles. The average Bonchev–Trinajstić information content (AvgIpc) is 2.65. The Kier molecular flexibility index (Phi) is 4.86. The van der Waals surface area contributed by atoms with Gasteiger partial charge in [-0.2, -0.15) is 0 Å². The van der Waals surface area contributed by atoms with Gasteiger partial charge in [0.1, 0.15) is 4.21 Å². The summed E-state index contributed by atoms with van der Waals surface area (Å²) >= 11 is 13.6. The van der Waals surface area contributed by atoms with E-state index < -0.39 is 10.0 Å². The van der Waals surface area contributed by atoms with Crippen LogP contribution in [0, 0.1) is 13.8 Å². The van der Waals surface area contributed by atoms with Gasteiger partial charge in [-0.05, 0) is 59.1 Å². The van der Waals surface area contributed by atoms with E-state index in [0.29, 0.717) is 14.5 Å². The lowest BCUT2D eigenvalue weighted by molar-refractivity contribution is 0.603. The minimum atomic E-state index is -3.63. The highest BCUT2D eigenvalue weighted by Gasteiger charge is 2.20. The Labute approximate surface area is 143 Å². The number of benzene rings is 1. The summed E-state index contributed by atoms with van der Waals surface area (Å²) < 4.78 is 29.0. The molecule has 0 bridgehead atoms. The summed E-state index contributed by atoms with van der Waals surface area (Å²) in [7, 11) is -3.63. The van der Waals surface area contributed by atoms with Gasteiger partial charge in [-0.1, -0.05) is 27.5 Å². The molecular formula is C12H10Br2ClNO2S2. The molecule has 0 aliphatic heterocycles. The normalized spacial score (nSPS) is 11.7. The van der Waals surface area contributed by atoms with Crippen molar-refractivity contribution in [3.8, 4) is 0 Å². The molecule has 0 aliphatic carbocycles. The predicted octanol–water partition coefficient (Wildman–Crippen LogP) is 5.34. The number of rotatable bonds is 3. The standard InChI is InChI=1S/C12H10Br2ClNO2S2/c1-6-3-8(13)4-7(2)11(6)16-20(17,18)10-5-9(15)12(14)19-10/h3-5,16H,1-2H3. The van der Waals surface area contributed by atoms with Crippen LogP contribution in [0.25, 0.3) is 0 Å². The fourth-order valence-electron chi connectivity index (χ4n) is 1.72. The van der Waals surface area contributed by atoms with Crippen molar-refractivity contribution in [1.29, 1.82) is 0 Å². The third-order valence-corrected chi connectivity index (χ3v) is 7.38. The molecule has 1 aromatic carbocycles. The van der Waals surface area contributed by atoms with E-state index >= 15 is 0 Å². The third kappa shape index (κ3) is 3.39. The lowest BCUT2D eigenvalue weighted by atomic mass is 10.1. The largest absolute Gasteiger partial charge is 0.278 e. The molecular weight excluding hydrogens is 450 g/mol. The lowest BCUT2D eigenvalue weighted by Crippen LogP contribution is -2.13. The van der Waals surface area contributed by atoms with Crippen LogP contribution in [-0.2, 0) is 10.0 Å². The summed E-state index contributed by atoms with van der Waals surface area (Å²) in [6.45, 7) is 3.71. The Hall–Kier alpha value is -0.0800. The second-order valence-electron chi connectivity index (χ2n) is 4.21. The van der Waals surface area contributed by atoms with E-state index in [1.807, 2.05) is 26.0 Å². The number of nitrogens with one attached hydrogen (secondary N) is 1. The van der Waals surface area contributed by atoms with Crippen molar-refractivity contribution in [3.05, 3.63) is 42.6 Å². The van der Waals surface area contributed by atoms with Crippen molar-refractivity contribution < 1.29 is 8.42 Å². The molecule has 0 atom stereocenters. The average molecular weight is 460 g/mol. The maximum atomic E-state index is 12.4. The molecule has 2 aromatic rings. The summed E-state index contributed by atoms with van der Waals surface area (Å²) in [5.41, 5.74) is 2.29. The highest BCUT2D eigenvalue weighted by Crippen LogP contribution is 2.36. The summed E-state index contributed by atoms with van der Waals surface area (Å²) in [6, 6.07) is 5.16. The van der Waals surface area contributed by atoms with Gasteiger partial charge in [0, 0.05) is 4.47 Å². The Morgan fingerprint density at radius 3 is 2.15 bits per heavy atom. The SMILES string of the molecule is Cc1cc(Br)cc(C)c1NS(=O)(=O)c1cc(Cl)c(Br)s1. The summed E-state index contributed by atoms with van der Waals surface area (Å²) in [6.07, 6.45) is 0. The van der Waals surface area contributed by atoms with Gasteiger partial charge in [-0.15, -0.1) is 11.3 Å². The molecule has 20 heavy (non-hydrogen) atoms. The van der Waals surface area contributed by atoms with Crippen molar-refractivity contribution in [2.45, 2.75) is 18.1 Å². The number of aryl methyl sites for hydroxylation is 2. The molecule has 0 saturated carbocycles. The molecule has 8 heteroatoms. The second-order valence-corrected chi connectivity index (χ2v) is 9.81. The van der Waals surface area contributed by atoms with Crippen LogP contribution in [0.3, 0.4) is 0 Å². The van der Waals surface area contributed by atoms with Crippen molar-refractivity contribution in [2.75, 3.05) is 4.72 Å². The first-order valence-corrected chi connectivity index (χ1v) is 9.71. The van der Waals surface area contributed by atoms with Crippen LogP contribution in [0.1, 0.15) is 11.1 Å². The smallest absolute Gasteiger partial charge is 0.271 e. The fraction of sp³-hybridized carbons (Fsp3) is 0.167. The van der Waals surface area contributed by atoms with Crippen LogP contribution < -0.4 is 4.72 Å².